The van der Waals surface area contributed by atoms with Gasteiger partial charge in [-0.05, 0) is 12.1 Å². The lowest BCUT2D eigenvalue weighted by Crippen LogP contribution is -2.43. The van der Waals surface area contributed by atoms with E-state index in [4.69, 9.17) is 9.47 Å². The number of aromatic nitrogens is 3. The van der Waals surface area contributed by atoms with Gasteiger partial charge < -0.3 is 14.8 Å². The van der Waals surface area contributed by atoms with Crippen LogP contribution < -0.4 is 14.8 Å². The molecule has 1 aromatic heterocycles. The molecule has 2 N–H and O–H groups in total. The Bertz CT molecular complexity index is 570. The fourth-order valence-corrected chi connectivity index (χ4v) is 1.75. The van der Waals surface area contributed by atoms with Crippen LogP contribution in [-0.2, 0) is 11.3 Å². The largest absolute Gasteiger partial charge is 0.485 e. The van der Waals surface area contributed by atoms with Crippen LogP contribution in [0.4, 0.5) is 0 Å². The average Bonchev–Trinajstić information content (AvgIpc) is 2.97. The topological polar surface area (TPSA) is 89.1 Å². The first-order chi connectivity index (χ1) is 9.33. The molecule has 3 rings (SSSR count). The quantitative estimate of drug-likeness (QED) is 0.826. The fraction of sp³-hybridized carbons (Fsp3) is 0.250. The van der Waals surface area contributed by atoms with Gasteiger partial charge in [0.1, 0.15) is 18.8 Å². The van der Waals surface area contributed by atoms with Crippen molar-refractivity contribution in [2.75, 3.05) is 6.61 Å². The van der Waals surface area contributed by atoms with Crippen molar-refractivity contribution in [1.82, 2.24) is 20.5 Å². The zero-order valence-corrected chi connectivity index (χ0v) is 10.00. The summed E-state index contributed by atoms with van der Waals surface area (Å²) in [6.45, 7) is 0.472. The third kappa shape index (κ3) is 2.49. The lowest BCUT2D eigenvalue weighted by molar-refractivity contribution is -0.130. The van der Waals surface area contributed by atoms with Crippen molar-refractivity contribution >= 4 is 5.91 Å². The smallest absolute Gasteiger partial charge is 0.265 e. The summed E-state index contributed by atoms with van der Waals surface area (Å²) in [5.41, 5.74) is 0. The molecule has 0 radical (unpaired) electrons. The van der Waals surface area contributed by atoms with E-state index in [2.05, 4.69) is 20.5 Å². The van der Waals surface area contributed by atoms with Gasteiger partial charge in [0.05, 0.1) is 6.54 Å². The zero-order chi connectivity index (χ0) is 13.1. The van der Waals surface area contributed by atoms with Gasteiger partial charge in [0.15, 0.2) is 11.5 Å². The van der Waals surface area contributed by atoms with Crippen molar-refractivity contribution in [2.45, 2.75) is 12.6 Å². The first kappa shape index (κ1) is 11.5. The van der Waals surface area contributed by atoms with Gasteiger partial charge in [-0.3, -0.25) is 9.89 Å². The van der Waals surface area contributed by atoms with E-state index in [9.17, 15) is 4.79 Å². The van der Waals surface area contributed by atoms with Gasteiger partial charge in [0.2, 0.25) is 6.10 Å². The van der Waals surface area contributed by atoms with Crippen molar-refractivity contribution < 1.29 is 14.3 Å². The minimum atomic E-state index is -0.655. The first-order valence-electron chi connectivity index (χ1n) is 5.83. The molecule has 1 aliphatic heterocycles. The Labute approximate surface area is 108 Å². The van der Waals surface area contributed by atoms with Gasteiger partial charge in [0, 0.05) is 0 Å². The summed E-state index contributed by atoms with van der Waals surface area (Å²) < 4.78 is 11.1. The Morgan fingerprint density at radius 3 is 3.05 bits per heavy atom. The highest BCUT2D eigenvalue weighted by Gasteiger charge is 2.26. The molecule has 2 aromatic rings. The molecule has 1 aliphatic rings. The minimum Gasteiger partial charge on any atom is -0.485 e. The molecule has 0 bridgehead atoms. The lowest BCUT2D eigenvalue weighted by atomic mass is 10.2. The molecule has 1 unspecified atom stereocenters. The van der Waals surface area contributed by atoms with Crippen LogP contribution in [0.2, 0.25) is 0 Å². The predicted molar refractivity (Wildman–Crippen MR) is 64.6 cm³/mol. The Kier molecular flexibility index (Phi) is 3.01. The standard InChI is InChI=1S/C12H12N4O3/c17-12(13-5-11-14-7-15-16-11)10-6-18-8-3-1-2-4-9(8)19-10/h1-4,7,10H,5-6H2,(H,13,17)(H,14,15,16). The number of carbonyl (C=O) groups excluding carboxylic acids is 1. The first-order valence-corrected chi connectivity index (χ1v) is 5.83. The number of benzene rings is 1. The number of nitrogens with zero attached hydrogens (tertiary/aromatic N) is 2. The van der Waals surface area contributed by atoms with Crippen LogP contribution in [-0.4, -0.2) is 33.8 Å². The molecule has 0 aliphatic carbocycles. The number of hydrogen-bond donors (Lipinski definition) is 2. The van der Waals surface area contributed by atoms with Crippen LogP contribution in [0.15, 0.2) is 30.6 Å². The van der Waals surface area contributed by atoms with Crippen LogP contribution >= 0.6 is 0 Å². The maximum atomic E-state index is 11.9. The fourth-order valence-electron chi connectivity index (χ4n) is 1.75. The normalized spacial score (nSPS) is 16.9. The van der Waals surface area contributed by atoms with Crippen molar-refractivity contribution in [3.8, 4) is 11.5 Å². The molecule has 1 aromatic carbocycles. The van der Waals surface area contributed by atoms with E-state index < -0.39 is 6.10 Å². The van der Waals surface area contributed by atoms with Crippen LogP contribution in [0.5, 0.6) is 11.5 Å². The second-order valence-electron chi connectivity index (χ2n) is 4.01. The number of H-pyrrole nitrogens is 1. The second kappa shape index (κ2) is 4.97. The second-order valence-corrected chi connectivity index (χ2v) is 4.01. The number of hydrogen-bond acceptors (Lipinski definition) is 5. The maximum Gasteiger partial charge on any atom is 0.265 e. The van der Waals surface area contributed by atoms with E-state index >= 15 is 0 Å². The van der Waals surface area contributed by atoms with Crippen LogP contribution in [0.25, 0.3) is 0 Å². The molecule has 0 spiro atoms. The van der Waals surface area contributed by atoms with E-state index in [-0.39, 0.29) is 19.1 Å². The number of rotatable bonds is 3. The van der Waals surface area contributed by atoms with Crippen molar-refractivity contribution in [3.63, 3.8) is 0 Å². The van der Waals surface area contributed by atoms with E-state index in [1.54, 1.807) is 12.1 Å². The monoisotopic (exact) mass is 260 g/mol. The van der Waals surface area contributed by atoms with Crippen LogP contribution in [0.3, 0.4) is 0 Å². The number of aromatic amines is 1. The highest BCUT2D eigenvalue weighted by Crippen LogP contribution is 2.30. The van der Waals surface area contributed by atoms with E-state index in [1.165, 1.54) is 6.33 Å². The number of nitrogens with one attached hydrogen (secondary N) is 2. The van der Waals surface area contributed by atoms with Gasteiger partial charge in [-0.15, -0.1) is 0 Å². The number of carbonyl (C=O) groups is 1. The minimum absolute atomic E-state index is 0.194. The molecule has 0 fully saturated rings. The predicted octanol–water partition coefficient (Wildman–Crippen LogP) is 0.261. The summed E-state index contributed by atoms with van der Waals surface area (Å²) in [4.78, 5) is 15.8. The highest BCUT2D eigenvalue weighted by molar-refractivity contribution is 5.81. The van der Waals surface area contributed by atoms with Gasteiger partial charge in [0.25, 0.3) is 5.91 Å². The Morgan fingerprint density at radius 2 is 2.26 bits per heavy atom. The van der Waals surface area contributed by atoms with Gasteiger partial charge >= 0.3 is 0 Å². The molecule has 0 saturated carbocycles. The number of ether oxygens (including phenoxy) is 2. The summed E-state index contributed by atoms with van der Waals surface area (Å²) in [5.74, 6) is 1.58. The zero-order valence-electron chi connectivity index (χ0n) is 10.00. The molecule has 2 heterocycles. The van der Waals surface area contributed by atoms with Crippen molar-refractivity contribution in [1.29, 1.82) is 0 Å². The maximum absolute atomic E-state index is 11.9. The summed E-state index contributed by atoms with van der Waals surface area (Å²) in [7, 11) is 0. The molecule has 7 heteroatoms. The number of fused-ring (bicyclic) bond motifs is 1. The molecular weight excluding hydrogens is 248 g/mol. The van der Waals surface area contributed by atoms with E-state index in [0.717, 1.165) is 0 Å². The van der Waals surface area contributed by atoms with Crippen molar-refractivity contribution in [2.24, 2.45) is 0 Å². The van der Waals surface area contributed by atoms with E-state index in [1.807, 2.05) is 12.1 Å². The van der Waals surface area contributed by atoms with Crippen molar-refractivity contribution in [3.05, 3.63) is 36.4 Å². The molecule has 1 amide bonds. The molecule has 0 saturated heterocycles. The summed E-state index contributed by atoms with van der Waals surface area (Å²) in [6.07, 6.45) is 0.732. The third-order valence-corrected chi connectivity index (χ3v) is 2.70. The highest BCUT2D eigenvalue weighted by atomic mass is 16.6. The van der Waals surface area contributed by atoms with Gasteiger partial charge in [-0.2, -0.15) is 5.10 Å². The molecule has 7 nitrogen and oxygen atoms in total. The molecular formula is C12H12N4O3. The summed E-state index contributed by atoms with van der Waals surface area (Å²) in [5, 5.41) is 9.07. The summed E-state index contributed by atoms with van der Waals surface area (Å²) >= 11 is 0. The number of amides is 1. The van der Waals surface area contributed by atoms with Crippen LogP contribution in [0, 0.1) is 0 Å². The van der Waals surface area contributed by atoms with E-state index in [0.29, 0.717) is 17.3 Å². The number of para-hydroxylation sites is 2. The third-order valence-electron chi connectivity index (χ3n) is 2.70. The Hall–Kier alpha value is -2.57. The SMILES string of the molecule is O=C(NCc1ncn[nH]1)C1COc2ccccc2O1. The summed E-state index contributed by atoms with van der Waals surface area (Å²) in [6, 6.07) is 7.26. The van der Waals surface area contributed by atoms with Gasteiger partial charge in [-0.1, -0.05) is 12.1 Å². The lowest BCUT2D eigenvalue weighted by Gasteiger charge is -2.25. The Balaban J connectivity index is 1.60. The van der Waals surface area contributed by atoms with Crippen LogP contribution in [0.1, 0.15) is 5.82 Å². The average molecular weight is 260 g/mol. The van der Waals surface area contributed by atoms with Gasteiger partial charge in [-0.25, -0.2) is 4.98 Å². The molecule has 19 heavy (non-hydrogen) atoms. The Morgan fingerprint density at radius 1 is 1.42 bits per heavy atom. The molecule has 98 valence electrons. The molecule has 1 atom stereocenters.